The standard InChI is InChI=1S/C16H11ClF6N2S/c17-12-3-1-9(2-4-12)8-24-14(26)25-13-6-10(15(18,19)20)5-11(7-13)16(21,22)23/h1-7H,8H2,(H2,24,25,26). The van der Waals surface area contributed by atoms with E-state index in [0.29, 0.717) is 17.2 Å². The summed E-state index contributed by atoms with van der Waals surface area (Å²) in [6, 6.07) is 7.84. The molecule has 2 N–H and O–H groups in total. The summed E-state index contributed by atoms with van der Waals surface area (Å²) in [4.78, 5) is 0. The summed E-state index contributed by atoms with van der Waals surface area (Å²) >= 11 is 10.7. The van der Waals surface area contributed by atoms with Crippen LogP contribution in [0.15, 0.2) is 42.5 Å². The second-order valence-electron chi connectivity index (χ2n) is 5.23. The summed E-state index contributed by atoms with van der Waals surface area (Å²) in [6.45, 7) is 0.216. The van der Waals surface area contributed by atoms with Gasteiger partial charge in [0.05, 0.1) is 11.1 Å². The average molecular weight is 413 g/mol. The molecule has 0 aromatic heterocycles. The second-order valence-corrected chi connectivity index (χ2v) is 6.07. The summed E-state index contributed by atoms with van der Waals surface area (Å²) < 4.78 is 76.9. The van der Waals surface area contributed by atoms with Gasteiger partial charge in [-0.15, -0.1) is 0 Å². The topological polar surface area (TPSA) is 24.1 Å². The van der Waals surface area contributed by atoms with Crippen LogP contribution in [0.25, 0.3) is 0 Å². The summed E-state index contributed by atoms with van der Waals surface area (Å²) in [5.74, 6) is 0. The SMILES string of the molecule is FC(F)(F)c1cc(NC(=S)NCc2ccc(Cl)cc2)cc(C(F)(F)F)c1. The highest BCUT2D eigenvalue weighted by molar-refractivity contribution is 7.80. The zero-order valence-electron chi connectivity index (χ0n) is 12.8. The van der Waals surface area contributed by atoms with Crippen molar-refractivity contribution >= 4 is 34.6 Å². The first kappa shape index (κ1) is 20.3. The van der Waals surface area contributed by atoms with E-state index in [0.717, 1.165) is 5.56 Å². The molecule has 2 aromatic carbocycles. The number of rotatable bonds is 3. The third-order valence-electron chi connectivity index (χ3n) is 3.21. The van der Waals surface area contributed by atoms with Crippen molar-refractivity contribution in [2.24, 2.45) is 0 Å². The Morgan fingerprint density at radius 1 is 0.885 bits per heavy atom. The first-order chi connectivity index (χ1) is 11.9. The Morgan fingerprint density at radius 3 is 1.85 bits per heavy atom. The molecule has 0 aliphatic carbocycles. The maximum absolute atomic E-state index is 12.8. The fourth-order valence-corrected chi connectivity index (χ4v) is 2.30. The zero-order valence-corrected chi connectivity index (χ0v) is 14.4. The van der Waals surface area contributed by atoms with Gasteiger partial charge in [-0.3, -0.25) is 0 Å². The minimum absolute atomic E-state index is 0.0510. The molecule has 0 saturated heterocycles. The summed E-state index contributed by atoms with van der Waals surface area (Å²) in [6.07, 6.45) is -9.84. The van der Waals surface area contributed by atoms with Gasteiger partial charge in [0.25, 0.3) is 0 Å². The van der Waals surface area contributed by atoms with Crippen molar-refractivity contribution in [2.75, 3.05) is 5.32 Å². The Labute approximate surface area is 155 Å². The van der Waals surface area contributed by atoms with Crippen molar-refractivity contribution in [3.63, 3.8) is 0 Å². The Kier molecular flexibility index (Phi) is 6.02. The van der Waals surface area contributed by atoms with Crippen LogP contribution in [0.1, 0.15) is 16.7 Å². The maximum atomic E-state index is 12.8. The van der Waals surface area contributed by atoms with E-state index in [1.807, 2.05) is 0 Å². The van der Waals surface area contributed by atoms with Gasteiger partial charge in [0.1, 0.15) is 0 Å². The van der Waals surface area contributed by atoms with Crippen LogP contribution in [-0.4, -0.2) is 5.11 Å². The number of alkyl halides is 6. The lowest BCUT2D eigenvalue weighted by Crippen LogP contribution is -2.28. The molecule has 2 rings (SSSR count). The van der Waals surface area contributed by atoms with Crippen LogP contribution < -0.4 is 10.6 Å². The van der Waals surface area contributed by atoms with Crippen molar-refractivity contribution < 1.29 is 26.3 Å². The smallest absolute Gasteiger partial charge is 0.358 e. The van der Waals surface area contributed by atoms with Crippen LogP contribution in [0, 0.1) is 0 Å². The molecule has 2 nitrogen and oxygen atoms in total. The fraction of sp³-hybridized carbons (Fsp3) is 0.188. The number of nitrogens with one attached hydrogen (secondary N) is 2. The van der Waals surface area contributed by atoms with Crippen molar-refractivity contribution in [1.82, 2.24) is 5.32 Å². The van der Waals surface area contributed by atoms with E-state index in [9.17, 15) is 26.3 Å². The predicted molar refractivity (Wildman–Crippen MR) is 91.0 cm³/mol. The number of benzene rings is 2. The van der Waals surface area contributed by atoms with Gasteiger partial charge < -0.3 is 10.6 Å². The Morgan fingerprint density at radius 2 is 1.38 bits per heavy atom. The summed E-state index contributed by atoms with van der Waals surface area (Å²) in [5.41, 5.74) is -2.48. The zero-order chi connectivity index (χ0) is 19.5. The third kappa shape index (κ3) is 5.77. The quantitative estimate of drug-likeness (QED) is 0.487. The van der Waals surface area contributed by atoms with Gasteiger partial charge >= 0.3 is 12.4 Å². The van der Waals surface area contributed by atoms with E-state index in [-0.39, 0.29) is 17.7 Å². The Bertz CT molecular complexity index is 755. The van der Waals surface area contributed by atoms with Gasteiger partial charge in [-0.1, -0.05) is 23.7 Å². The Hall–Kier alpha value is -2.00. The molecule has 0 atom stereocenters. The second kappa shape index (κ2) is 7.71. The summed E-state index contributed by atoms with van der Waals surface area (Å²) in [7, 11) is 0. The number of halogens is 7. The van der Waals surface area contributed by atoms with Crippen LogP contribution in [0.2, 0.25) is 5.02 Å². The molecular formula is C16H11ClF6N2S. The molecule has 26 heavy (non-hydrogen) atoms. The maximum Gasteiger partial charge on any atom is 0.416 e. The van der Waals surface area contributed by atoms with Gasteiger partial charge in [0, 0.05) is 17.3 Å². The number of hydrogen-bond acceptors (Lipinski definition) is 1. The molecule has 140 valence electrons. The van der Waals surface area contributed by atoms with Crippen LogP contribution in [0.4, 0.5) is 32.0 Å². The van der Waals surface area contributed by atoms with E-state index >= 15 is 0 Å². The molecule has 0 radical (unpaired) electrons. The van der Waals surface area contributed by atoms with E-state index in [2.05, 4.69) is 10.6 Å². The number of hydrogen-bond donors (Lipinski definition) is 2. The lowest BCUT2D eigenvalue weighted by molar-refractivity contribution is -0.143. The molecule has 0 amide bonds. The average Bonchev–Trinajstić information content (AvgIpc) is 2.52. The Balaban J connectivity index is 2.14. The van der Waals surface area contributed by atoms with Crippen LogP contribution >= 0.6 is 23.8 Å². The molecule has 0 unspecified atom stereocenters. The first-order valence-corrected chi connectivity index (χ1v) is 7.82. The molecule has 0 spiro atoms. The number of anilines is 1. The van der Waals surface area contributed by atoms with Crippen LogP contribution in [-0.2, 0) is 18.9 Å². The van der Waals surface area contributed by atoms with Crippen molar-refractivity contribution in [3.05, 3.63) is 64.2 Å². The van der Waals surface area contributed by atoms with Gasteiger partial charge in [0.2, 0.25) is 0 Å². The fourth-order valence-electron chi connectivity index (χ4n) is 1.99. The highest BCUT2D eigenvalue weighted by Crippen LogP contribution is 2.37. The van der Waals surface area contributed by atoms with E-state index in [1.54, 1.807) is 24.3 Å². The molecule has 0 fully saturated rings. The molecular weight excluding hydrogens is 402 g/mol. The van der Waals surface area contributed by atoms with E-state index in [1.165, 1.54) is 0 Å². The molecule has 2 aromatic rings. The highest BCUT2D eigenvalue weighted by atomic mass is 35.5. The molecule has 0 aliphatic rings. The molecule has 0 heterocycles. The normalized spacial score (nSPS) is 12.0. The monoisotopic (exact) mass is 412 g/mol. The van der Waals surface area contributed by atoms with Crippen LogP contribution in [0.5, 0.6) is 0 Å². The van der Waals surface area contributed by atoms with Gasteiger partial charge in [-0.2, -0.15) is 26.3 Å². The van der Waals surface area contributed by atoms with Gasteiger partial charge in [-0.25, -0.2) is 0 Å². The molecule has 10 heteroatoms. The van der Waals surface area contributed by atoms with Crippen LogP contribution in [0.3, 0.4) is 0 Å². The predicted octanol–water partition coefficient (Wildman–Crippen LogP) is 5.86. The lowest BCUT2D eigenvalue weighted by atomic mass is 10.1. The molecule has 0 bridgehead atoms. The van der Waals surface area contributed by atoms with Crippen molar-refractivity contribution in [3.8, 4) is 0 Å². The van der Waals surface area contributed by atoms with E-state index < -0.39 is 29.2 Å². The van der Waals surface area contributed by atoms with E-state index in [4.69, 9.17) is 23.8 Å². The van der Waals surface area contributed by atoms with Crippen molar-refractivity contribution in [1.29, 1.82) is 0 Å². The minimum atomic E-state index is -4.92. The summed E-state index contributed by atoms with van der Waals surface area (Å²) in [5, 5.41) is 5.45. The lowest BCUT2D eigenvalue weighted by Gasteiger charge is -2.16. The largest absolute Gasteiger partial charge is 0.416 e. The highest BCUT2D eigenvalue weighted by Gasteiger charge is 2.37. The van der Waals surface area contributed by atoms with Gasteiger partial charge in [-0.05, 0) is 48.1 Å². The van der Waals surface area contributed by atoms with Crippen molar-refractivity contribution in [2.45, 2.75) is 18.9 Å². The third-order valence-corrected chi connectivity index (χ3v) is 3.71. The minimum Gasteiger partial charge on any atom is -0.358 e. The molecule has 0 aliphatic heterocycles. The number of thiocarbonyl (C=S) groups is 1. The van der Waals surface area contributed by atoms with Gasteiger partial charge in [0.15, 0.2) is 5.11 Å². The molecule has 0 saturated carbocycles. The first-order valence-electron chi connectivity index (χ1n) is 7.04.